The Morgan fingerprint density at radius 2 is 1.61 bits per heavy atom. The van der Waals surface area contributed by atoms with Gasteiger partial charge in [0.05, 0.1) is 5.75 Å². The van der Waals surface area contributed by atoms with Gasteiger partial charge in [-0.3, -0.25) is 4.79 Å². The first kappa shape index (κ1) is 17.5. The van der Waals surface area contributed by atoms with Crippen molar-refractivity contribution in [3.8, 4) is 0 Å². The van der Waals surface area contributed by atoms with E-state index in [0.29, 0.717) is 12.3 Å². The van der Waals surface area contributed by atoms with Gasteiger partial charge in [-0.2, -0.15) is 0 Å². The van der Waals surface area contributed by atoms with Gasteiger partial charge in [0.2, 0.25) is 5.91 Å². The highest BCUT2D eigenvalue weighted by Gasteiger charge is 2.11. The van der Waals surface area contributed by atoms with E-state index in [2.05, 4.69) is 39.1 Å². The molecule has 0 unspecified atom stereocenters. The Morgan fingerprint density at radius 1 is 1.04 bits per heavy atom. The Hall–Kier alpha value is -1.81. The van der Waals surface area contributed by atoms with Crippen LogP contribution in [0, 0.1) is 33.5 Å². The summed E-state index contributed by atoms with van der Waals surface area (Å²) in [6.07, 6.45) is 0. The minimum atomic E-state index is -0.267. The van der Waals surface area contributed by atoms with Crippen molar-refractivity contribution < 1.29 is 9.18 Å². The lowest BCUT2D eigenvalue weighted by Gasteiger charge is -2.14. The quantitative estimate of drug-likeness (QED) is 0.819. The molecule has 2 nitrogen and oxygen atoms in total. The van der Waals surface area contributed by atoms with Gasteiger partial charge in [0.15, 0.2) is 0 Å². The molecule has 1 amide bonds. The highest BCUT2D eigenvalue weighted by Crippen LogP contribution is 2.30. The fraction of sp³-hybridized carbons (Fsp3) is 0.316. The second-order valence-electron chi connectivity index (χ2n) is 5.78. The summed E-state index contributed by atoms with van der Waals surface area (Å²) in [4.78, 5) is 13.2. The van der Waals surface area contributed by atoms with Crippen LogP contribution in [-0.4, -0.2) is 11.7 Å². The monoisotopic (exact) mass is 331 g/mol. The molecule has 4 heteroatoms. The second-order valence-corrected chi connectivity index (χ2v) is 6.77. The zero-order valence-corrected chi connectivity index (χ0v) is 14.8. The number of nitrogens with one attached hydrogen (secondary N) is 1. The molecule has 2 rings (SSSR count). The number of hydrogen-bond acceptors (Lipinski definition) is 2. The van der Waals surface area contributed by atoms with Crippen LogP contribution in [-0.2, 0) is 11.3 Å². The molecule has 0 aromatic heterocycles. The molecule has 0 aliphatic rings. The number of amides is 1. The van der Waals surface area contributed by atoms with Crippen LogP contribution in [0.3, 0.4) is 0 Å². The maximum atomic E-state index is 12.8. The van der Waals surface area contributed by atoms with Crippen LogP contribution in [0.2, 0.25) is 0 Å². The van der Waals surface area contributed by atoms with Crippen LogP contribution in [0.25, 0.3) is 0 Å². The average molecular weight is 331 g/mol. The van der Waals surface area contributed by atoms with E-state index in [9.17, 15) is 9.18 Å². The molecule has 0 fully saturated rings. The first-order valence-electron chi connectivity index (χ1n) is 7.60. The number of carbonyl (C=O) groups excluding carboxylic acids is 1. The number of benzene rings is 2. The van der Waals surface area contributed by atoms with Crippen molar-refractivity contribution >= 4 is 17.7 Å². The molecule has 2 aromatic carbocycles. The SMILES string of the molecule is Cc1cc(C)c(C)c(SCC(=O)NCc2ccc(F)cc2)c1C. The molecule has 0 saturated carbocycles. The molecule has 0 heterocycles. The van der Waals surface area contributed by atoms with Crippen LogP contribution in [0.5, 0.6) is 0 Å². The van der Waals surface area contributed by atoms with Crippen molar-refractivity contribution in [3.63, 3.8) is 0 Å². The molecule has 23 heavy (non-hydrogen) atoms. The number of rotatable bonds is 5. The van der Waals surface area contributed by atoms with Crippen molar-refractivity contribution in [1.82, 2.24) is 5.32 Å². The maximum absolute atomic E-state index is 12.8. The lowest BCUT2D eigenvalue weighted by Crippen LogP contribution is -2.24. The van der Waals surface area contributed by atoms with Crippen LogP contribution in [0.15, 0.2) is 35.2 Å². The van der Waals surface area contributed by atoms with Gasteiger partial charge in [0.1, 0.15) is 5.82 Å². The van der Waals surface area contributed by atoms with E-state index in [1.54, 1.807) is 23.9 Å². The molecule has 0 saturated heterocycles. The van der Waals surface area contributed by atoms with Gasteiger partial charge in [-0.25, -0.2) is 4.39 Å². The fourth-order valence-corrected chi connectivity index (χ4v) is 3.52. The van der Waals surface area contributed by atoms with Crippen LogP contribution in [0.4, 0.5) is 4.39 Å². The smallest absolute Gasteiger partial charge is 0.230 e. The van der Waals surface area contributed by atoms with Crippen LogP contribution < -0.4 is 5.32 Å². The van der Waals surface area contributed by atoms with Crippen molar-refractivity contribution in [3.05, 3.63) is 64.0 Å². The molecule has 0 bridgehead atoms. The van der Waals surface area contributed by atoms with Gasteiger partial charge < -0.3 is 5.32 Å². The average Bonchev–Trinajstić information content (AvgIpc) is 2.52. The molecule has 2 aromatic rings. The molecule has 0 radical (unpaired) electrons. The predicted molar refractivity (Wildman–Crippen MR) is 94.4 cm³/mol. The topological polar surface area (TPSA) is 29.1 Å². The Bertz CT molecular complexity index is 684. The lowest BCUT2D eigenvalue weighted by molar-refractivity contribution is -0.118. The van der Waals surface area contributed by atoms with E-state index in [4.69, 9.17) is 0 Å². The molecule has 0 aliphatic heterocycles. The summed E-state index contributed by atoms with van der Waals surface area (Å²) < 4.78 is 12.8. The number of carbonyl (C=O) groups is 1. The molecule has 0 aliphatic carbocycles. The maximum Gasteiger partial charge on any atom is 0.230 e. The van der Waals surface area contributed by atoms with Crippen molar-refractivity contribution in [2.75, 3.05) is 5.75 Å². The van der Waals surface area contributed by atoms with Crippen molar-refractivity contribution in [2.24, 2.45) is 0 Å². The van der Waals surface area contributed by atoms with Crippen molar-refractivity contribution in [2.45, 2.75) is 39.1 Å². The number of thioether (sulfide) groups is 1. The minimum absolute atomic E-state index is 0.0164. The van der Waals surface area contributed by atoms with Gasteiger partial charge in [0, 0.05) is 11.4 Å². The largest absolute Gasteiger partial charge is 0.351 e. The van der Waals surface area contributed by atoms with Crippen LogP contribution in [0.1, 0.15) is 27.8 Å². The van der Waals surface area contributed by atoms with E-state index in [0.717, 1.165) is 5.56 Å². The fourth-order valence-electron chi connectivity index (χ4n) is 2.39. The summed E-state index contributed by atoms with van der Waals surface area (Å²) in [6.45, 7) is 8.81. The Labute approximate surface area is 141 Å². The molecule has 122 valence electrons. The second kappa shape index (κ2) is 7.64. The third-order valence-corrected chi connectivity index (χ3v) is 5.36. The lowest BCUT2D eigenvalue weighted by atomic mass is 10.0. The first-order chi connectivity index (χ1) is 10.9. The zero-order chi connectivity index (χ0) is 17.0. The standard InChI is InChI=1S/C19H22FNOS/c1-12-9-13(2)15(4)19(14(12)3)23-11-18(22)21-10-16-5-7-17(20)8-6-16/h5-9H,10-11H2,1-4H3,(H,21,22). The number of aryl methyl sites for hydroxylation is 2. The number of halogens is 1. The van der Waals surface area contributed by atoms with Crippen molar-refractivity contribution in [1.29, 1.82) is 0 Å². The first-order valence-corrected chi connectivity index (χ1v) is 8.58. The van der Waals surface area contributed by atoms with Crippen LogP contribution >= 0.6 is 11.8 Å². The third-order valence-electron chi connectivity index (χ3n) is 4.05. The van der Waals surface area contributed by atoms with Gasteiger partial charge in [-0.05, 0) is 67.6 Å². The summed E-state index contributed by atoms with van der Waals surface area (Å²) in [7, 11) is 0. The summed E-state index contributed by atoms with van der Waals surface area (Å²) in [5.41, 5.74) is 5.88. The van der Waals surface area contributed by atoms with E-state index in [1.807, 2.05) is 0 Å². The molecular weight excluding hydrogens is 309 g/mol. The molecule has 1 N–H and O–H groups in total. The van der Waals surface area contributed by atoms with E-state index in [1.165, 1.54) is 39.3 Å². The Morgan fingerprint density at radius 3 is 2.17 bits per heavy atom. The van der Waals surface area contributed by atoms with E-state index in [-0.39, 0.29) is 11.7 Å². The normalized spacial score (nSPS) is 10.7. The molecular formula is C19H22FNOS. The van der Waals surface area contributed by atoms with Gasteiger partial charge in [-0.1, -0.05) is 18.2 Å². The van der Waals surface area contributed by atoms with E-state index < -0.39 is 0 Å². The molecule has 0 spiro atoms. The highest BCUT2D eigenvalue weighted by molar-refractivity contribution is 8.00. The zero-order valence-electron chi connectivity index (χ0n) is 14.0. The van der Waals surface area contributed by atoms with E-state index >= 15 is 0 Å². The summed E-state index contributed by atoms with van der Waals surface area (Å²) in [5, 5.41) is 2.87. The highest BCUT2D eigenvalue weighted by atomic mass is 32.2. The van der Waals surface area contributed by atoms with Gasteiger partial charge in [0.25, 0.3) is 0 Å². The van der Waals surface area contributed by atoms with Gasteiger partial charge in [-0.15, -0.1) is 11.8 Å². The Kier molecular flexibility index (Phi) is 5.83. The third kappa shape index (κ3) is 4.58. The number of hydrogen-bond donors (Lipinski definition) is 1. The predicted octanol–water partition coefficient (Wildman–Crippen LogP) is 4.47. The Balaban J connectivity index is 1.93. The van der Waals surface area contributed by atoms with Gasteiger partial charge >= 0.3 is 0 Å². The summed E-state index contributed by atoms with van der Waals surface area (Å²) >= 11 is 1.58. The summed E-state index contributed by atoms with van der Waals surface area (Å²) in [6, 6.07) is 8.35. The molecule has 0 atom stereocenters. The minimum Gasteiger partial charge on any atom is -0.351 e. The summed E-state index contributed by atoms with van der Waals surface area (Å²) in [5.74, 6) is 0.0971.